The van der Waals surface area contributed by atoms with Crippen LogP contribution in [0, 0.1) is 6.92 Å². The zero-order chi connectivity index (χ0) is 23.8. The van der Waals surface area contributed by atoms with Gasteiger partial charge in [0.2, 0.25) is 5.91 Å². The third-order valence-electron chi connectivity index (χ3n) is 5.56. The van der Waals surface area contributed by atoms with Gasteiger partial charge in [-0.15, -0.1) is 0 Å². The number of ether oxygens (including phenoxy) is 1. The van der Waals surface area contributed by atoms with Gasteiger partial charge in [0.25, 0.3) is 11.8 Å². The number of nitrogens with zero attached hydrogens (tertiary/aromatic N) is 1. The van der Waals surface area contributed by atoms with Crippen LogP contribution in [0.1, 0.15) is 41.6 Å². The summed E-state index contributed by atoms with van der Waals surface area (Å²) >= 11 is 0. The van der Waals surface area contributed by atoms with E-state index in [1.54, 1.807) is 44.4 Å². The van der Waals surface area contributed by atoms with E-state index in [0.717, 1.165) is 31.2 Å². The molecule has 0 unspecified atom stereocenters. The van der Waals surface area contributed by atoms with E-state index in [1.165, 1.54) is 4.90 Å². The number of amides is 3. The first-order valence-corrected chi connectivity index (χ1v) is 11.2. The Labute approximate surface area is 194 Å². The number of likely N-dealkylation sites (N-methyl/N-ethyl adjacent to an activating group) is 1. The fraction of sp³-hybridized carbons (Fsp3) is 0.400. The molecule has 0 heterocycles. The number of anilines is 2. The third-order valence-corrected chi connectivity index (χ3v) is 5.56. The van der Waals surface area contributed by atoms with Crippen molar-refractivity contribution in [2.45, 2.75) is 38.6 Å². The lowest BCUT2D eigenvalue weighted by atomic mass is 10.1. The van der Waals surface area contributed by atoms with Crippen LogP contribution in [0.3, 0.4) is 0 Å². The first kappa shape index (κ1) is 24.1. The van der Waals surface area contributed by atoms with Gasteiger partial charge in [0.05, 0.1) is 23.5 Å². The topological polar surface area (TPSA) is 99.8 Å². The second-order valence-corrected chi connectivity index (χ2v) is 8.48. The van der Waals surface area contributed by atoms with Gasteiger partial charge in [0, 0.05) is 20.1 Å². The molecule has 176 valence electrons. The van der Waals surface area contributed by atoms with Crippen LogP contribution >= 0.6 is 0 Å². The van der Waals surface area contributed by atoms with E-state index in [2.05, 4.69) is 16.0 Å². The van der Waals surface area contributed by atoms with Gasteiger partial charge in [-0.05, 0) is 49.6 Å². The number of nitrogens with one attached hydrogen (secondary N) is 3. The van der Waals surface area contributed by atoms with Crippen LogP contribution in [0.4, 0.5) is 11.4 Å². The summed E-state index contributed by atoms with van der Waals surface area (Å²) in [6, 6.07) is 12.7. The largest absolute Gasteiger partial charge is 0.482 e. The van der Waals surface area contributed by atoms with E-state index in [0.29, 0.717) is 22.7 Å². The third kappa shape index (κ3) is 6.97. The molecule has 1 aliphatic carbocycles. The molecule has 0 aromatic heterocycles. The molecule has 2 aromatic carbocycles. The summed E-state index contributed by atoms with van der Waals surface area (Å²) in [4.78, 5) is 38.7. The molecule has 3 rings (SSSR count). The Hall–Kier alpha value is -3.55. The molecular formula is C25H32N4O4. The van der Waals surface area contributed by atoms with Crippen LogP contribution in [-0.4, -0.2) is 55.9 Å². The van der Waals surface area contributed by atoms with Crippen molar-refractivity contribution in [2.24, 2.45) is 0 Å². The Morgan fingerprint density at radius 1 is 1.03 bits per heavy atom. The Kier molecular flexibility index (Phi) is 8.29. The van der Waals surface area contributed by atoms with Gasteiger partial charge in [0.1, 0.15) is 5.75 Å². The number of aryl methyl sites for hydroxylation is 1. The molecule has 0 spiro atoms. The molecule has 1 fully saturated rings. The maximum absolute atomic E-state index is 12.7. The van der Waals surface area contributed by atoms with Crippen LogP contribution in [-0.2, 0) is 9.59 Å². The molecule has 1 saturated carbocycles. The van der Waals surface area contributed by atoms with Crippen molar-refractivity contribution in [1.82, 2.24) is 10.2 Å². The Morgan fingerprint density at radius 3 is 2.48 bits per heavy atom. The SMILES string of the molecule is Cc1ccc(NCC(=O)Nc2ccccc2C(=O)NC2CCCC2)c(OCC(=O)N(C)C)c1. The highest BCUT2D eigenvalue weighted by Crippen LogP contribution is 2.26. The number of para-hydroxylation sites is 1. The van der Waals surface area contributed by atoms with Crippen molar-refractivity contribution in [3.05, 3.63) is 53.6 Å². The predicted octanol–water partition coefficient (Wildman–Crippen LogP) is 3.19. The highest BCUT2D eigenvalue weighted by molar-refractivity contribution is 6.04. The summed E-state index contributed by atoms with van der Waals surface area (Å²) in [5.74, 6) is -0.139. The van der Waals surface area contributed by atoms with E-state index in [4.69, 9.17) is 4.74 Å². The van der Waals surface area contributed by atoms with Crippen molar-refractivity contribution >= 4 is 29.1 Å². The molecular weight excluding hydrogens is 420 g/mol. The monoisotopic (exact) mass is 452 g/mol. The first-order valence-electron chi connectivity index (χ1n) is 11.2. The molecule has 8 heteroatoms. The Balaban J connectivity index is 1.61. The van der Waals surface area contributed by atoms with Gasteiger partial charge in [-0.3, -0.25) is 14.4 Å². The van der Waals surface area contributed by atoms with Crippen molar-refractivity contribution < 1.29 is 19.1 Å². The Bertz CT molecular complexity index is 1000. The number of hydrogen-bond acceptors (Lipinski definition) is 5. The van der Waals surface area contributed by atoms with Gasteiger partial charge in [0.15, 0.2) is 6.61 Å². The lowest BCUT2D eigenvalue weighted by Crippen LogP contribution is -2.33. The number of carbonyl (C=O) groups is 3. The quantitative estimate of drug-likeness (QED) is 0.543. The molecule has 0 bridgehead atoms. The second-order valence-electron chi connectivity index (χ2n) is 8.48. The predicted molar refractivity (Wildman–Crippen MR) is 129 cm³/mol. The summed E-state index contributed by atoms with van der Waals surface area (Å²) < 4.78 is 5.67. The molecule has 2 aromatic rings. The summed E-state index contributed by atoms with van der Waals surface area (Å²) in [6.45, 7) is 1.80. The summed E-state index contributed by atoms with van der Waals surface area (Å²) in [6.07, 6.45) is 4.24. The van der Waals surface area contributed by atoms with Gasteiger partial charge in [-0.2, -0.15) is 0 Å². The van der Waals surface area contributed by atoms with Gasteiger partial charge < -0.3 is 25.6 Å². The van der Waals surface area contributed by atoms with Gasteiger partial charge in [-0.25, -0.2) is 0 Å². The smallest absolute Gasteiger partial charge is 0.259 e. The van der Waals surface area contributed by atoms with Crippen molar-refractivity contribution in [3.63, 3.8) is 0 Å². The number of carbonyl (C=O) groups excluding carboxylic acids is 3. The first-order chi connectivity index (χ1) is 15.8. The number of rotatable bonds is 9. The minimum atomic E-state index is -0.299. The standard InChI is InChI=1S/C25H32N4O4/c1-17-12-13-21(22(14-17)33-16-24(31)29(2)3)26-15-23(30)28-20-11-7-6-10-19(20)25(32)27-18-8-4-5-9-18/h6-7,10-14,18,26H,4-5,8-9,15-16H2,1-3H3,(H,27,32)(H,28,30). The average molecular weight is 453 g/mol. The van der Waals surface area contributed by atoms with E-state index in [9.17, 15) is 14.4 Å². The zero-order valence-corrected chi connectivity index (χ0v) is 19.4. The van der Waals surface area contributed by atoms with E-state index >= 15 is 0 Å². The average Bonchev–Trinajstić information content (AvgIpc) is 3.30. The van der Waals surface area contributed by atoms with Gasteiger partial charge >= 0.3 is 0 Å². The Morgan fingerprint density at radius 2 is 1.76 bits per heavy atom. The maximum atomic E-state index is 12.7. The van der Waals surface area contributed by atoms with Crippen molar-refractivity contribution in [3.8, 4) is 5.75 Å². The second kappa shape index (κ2) is 11.4. The van der Waals surface area contributed by atoms with E-state index in [-0.39, 0.29) is 36.9 Å². The number of hydrogen-bond donors (Lipinski definition) is 3. The maximum Gasteiger partial charge on any atom is 0.259 e. The summed E-state index contributed by atoms with van der Waals surface area (Å²) in [7, 11) is 3.33. The van der Waals surface area contributed by atoms with E-state index < -0.39 is 0 Å². The van der Waals surface area contributed by atoms with E-state index in [1.807, 2.05) is 19.1 Å². The molecule has 8 nitrogen and oxygen atoms in total. The normalized spacial score (nSPS) is 13.3. The highest BCUT2D eigenvalue weighted by atomic mass is 16.5. The number of benzene rings is 2. The molecule has 1 aliphatic rings. The molecule has 3 N–H and O–H groups in total. The molecule has 0 radical (unpaired) electrons. The van der Waals surface area contributed by atoms with Crippen LogP contribution in [0.25, 0.3) is 0 Å². The molecule has 33 heavy (non-hydrogen) atoms. The molecule has 0 saturated heterocycles. The zero-order valence-electron chi connectivity index (χ0n) is 19.4. The van der Waals surface area contributed by atoms with Crippen LogP contribution in [0.15, 0.2) is 42.5 Å². The molecule has 3 amide bonds. The van der Waals surface area contributed by atoms with Crippen LogP contribution in [0.5, 0.6) is 5.75 Å². The minimum Gasteiger partial charge on any atom is -0.482 e. The van der Waals surface area contributed by atoms with Crippen LogP contribution in [0.2, 0.25) is 0 Å². The molecule has 0 atom stereocenters. The summed E-state index contributed by atoms with van der Waals surface area (Å²) in [5.41, 5.74) is 2.49. The minimum absolute atomic E-state index is 0.0281. The highest BCUT2D eigenvalue weighted by Gasteiger charge is 2.20. The van der Waals surface area contributed by atoms with Crippen molar-refractivity contribution in [2.75, 3.05) is 37.9 Å². The molecule has 0 aliphatic heterocycles. The fourth-order valence-corrected chi connectivity index (χ4v) is 3.66. The van der Waals surface area contributed by atoms with Crippen molar-refractivity contribution in [1.29, 1.82) is 0 Å². The lowest BCUT2D eigenvalue weighted by molar-refractivity contribution is -0.130. The summed E-state index contributed by atoms with van der Waals surface area (Å²) in [5, 5.41) is 8.93. The lowest BCUT2D eigenvalue weighted by Gasteiger charge is -2.17. The fourth-order valence-electron chi connectivity index (χ4n) is 3.66. The van der Waals surface area contributed by atoms with Crippen LogP contribution < -0.4 is 20.7 Å². The van der Waals surface area contributed by atoms with Gasteiger partial charge in [-0.1, -0.05) is 31.0 Å².